The van der Waals surface area contributed by atoms with E-state index in [1.807, 2.05) is 0 Å². The molecular weight excluding hydrogens is 292 g/mol. The second kappa shape index (κ2) is 6.48. The Bertz CT molecular complexity index is 719. The molecule has 1 N–H and O–H groups in total. The number of carbonyl (C=O) groups is 1. The van der Waals surface area contributed by atoms with Crippen LogP contribution in [0, 0.1) is 10.1 Å². The standard InChI is InChI=1S/C13H12N4O5/c1-14-12-10(17(19)20)3-4-11(16-12)22-8-5-6-15-9(7-8)13(18)21-2/h3-7H,1-2H3,(H,14,16). The highest BCUT2D eigenvalue weighted by Crippen LogP contribution is 2.27. The van der Waals surface area contributed by atoms with Gasteiger partial charge in [0.1, 0.15) is 5.75 Å². The van der Waals surface area contributed by atoms with Gasteiger partial charge < -0.3 is 14.8 Å². The normalized spacial score (nSPS) is 9.91. The number of anilines is 1. The third-order valence-corrected chi connectivity index (χ3v) is 2.63. The Morgan fingerprint density at radius 1 is 1.36 bits per heavy atom. The highest BCUT2D eigenvalue weighted by atomic mass is 16.6. The molecule has 0 aliphatic carbocycles. The van der Waals surface area contributed by atoms with Crippen molar-refractivity contribution in [2.75, 3.05) is 19.5 Å². The first-order valence-corrected chi connectivity index (χ1v) is 6.10. The van der Waals surface area contributed by atoms with Gasteiger partial charge in [0, 0.05) is 31.4 Å². The van der Waals surface area contributed by atoms with Crippen molar-refractivity contribution in [1.82, 2.24) is 9.97 Å². The van der Waals surface area contributed by atoms with E-state index in [2.05, 4.69) is 20.0 Å². The predicted octanol–water partition coefficient (Wildman–Crippen LogP) is 2.01. The first-order valence-electron chi connectivity index (χ1n) is 6.10. The molecule has 0 bridgehead atoms. The van der Waals surface area contributed by atoms with Crippen LogP contribution in [-0.4, -0.2) is 35.0 Å². The van der Waals surface area contributed by atoms with E-state index in [0.29, 0.717) is 5.75 Å². The van der Waals surface area contributed by atoms with Gasteiger partial charge in [-0.15, -0.1) is 0 Å². The molecule has 0 saturated carbocycles. The van der Waals surface area contributed by atoms with E-state index in [1.54, 1.807) is 0 Å². The lowest BCUT2D eigenvalue weighted by molar-refractivity contribution is -0.384. The lowest BCUT2D eigenvalue weighted by atomic mass is 10.3. The first kappa shape index (κ1) is 15.2. The van der Waals surface area contributed by atoms with Crippen LogP contribution in [0.2, 0.25) is 0 Å². The minimum absolute atomic E-state index is 0.0738. The number of hydrogen-bond donors (Lipinski definition) is 1. The molecule has 0 aliphatic heterocycles. The summed E-state index contributed by atoms with van der Waals surface area (Å²) >= 11 is 0. The van der Waals surface area contributed by atoms with Crippen LogP contribution in [0.25, 0.3) is 0 Å². The molecule has 2 aromatic rings. The van der Waals surface area contributed by atoms with E-state index in [-0.39, 0.29) is 23.1 Å². The Morgan fingerprint density at radius 2 is 2.14 bits per heavy atom. The number of methoxy groups -OCH3 is 1. The summed E-state index contributed by atoms with van der Waals surface area (Å²) in [5, 5.41) is 13.5. The maximum Gasteiger partial charge on any atom is 0.356 e. The number of rotatable bonds is 5. The van der Waals surface area contributed by atoms with Crippen molar-refractivity contribution in [3.8, 4) is 11.6 Å². The monoisotopic (exact) mass is 304 g/mol. The number of ether oxygens (including phenoxy) is 2. The smallest absolute Gasteiger partial charge is 0.356 e. The van der Waals surface area contributed by atoms with Crippen molar-refractivity contribution in [2.24, 2.45) is 0 Å². The number of nitro groups is 1. The number of aromatic nitrogens is 2. The van der Waals surface area contributed by atoms with Gasteiger partial charge in [0.25, 0.3) is 0 Å². The topological polar surface area (TPSA) is 116 Å². The second-order valence-corrected chi connectivity index (χ2v) is 3.99. The molecule has 0 fully saturated rings. The molecule has 0 aliphatic rings. The molecule has 0 spiro atoms. The van der Waals surface area contributed by atoms with Crippen molar-refractivity contribution < 1.29 is 19.2 Å². The largest absolute Gasteiger partial charge is 0.464 e. The van der Waals surface area contributed by atoms with Gasteiger partial charge in [-0.25, -0.2) is 9.78 Å². The predicted molar refractivity (Wildman–Crippen MR) is 76.1 cm³/mol. The van der Waals surface area contributed by atoms with E-state index < -0.39 is 10.9 Å². The van der Waals surface area contributed by atoms with Crippen molar-refractivity contribution in [1.29, 1.82) is 0 Å². The van der Waals surface area contributed by atoms with Crippen LogP contribution in [0.15, 0.2) is 30.5 Å². The second-order valence-electron chi connectivity index (χ2n) is 3.99. The Morgan fingerprint density at radius 3 is 2.77 bits per heavy atom. The van der Waals surface area contributed by atoms with E-state index in [0.717, 1.165) is 0 Å². The van der Waals surface area contributed by atoms with E-state index in [4.69, 9.17) is 4.74 Å². The van der Waals surface area contributed by atoms with Crippen LogP contribution in [0.1, 0.15) is 10.5 Å². The van der Waals surface area contributed by atoms with Crippen LogP contribution in [0.3, 0.4) is 0 Å². The molecule has 0 atom stereocenters. The summed E-state index contributed by atoms with van der Waals surface area (Å²) in [5.41, 5.74) is -0.0874. The number of nitrogens with one attached hydrogen (secondary N) is 1. The van der Waals surface area contributed by atoms with Gasteiger partial charge >= 0.3 is 11.7 Å². The van der Waals surface area contributed by atoms with Gasteiger partial charge in [0.15, 0.2) is 5.69 Å². The average molecular weight is 304 g/mol. The first-order chi connectivity index (χ1) is 10.5. The van der Waals surface area contributed by atoms with Crippen LogP contribution in [-0.2, 0) is 4.74 Å². The fourth-order valence-corrected chi connectivity index (χ4v) is 1.63. The van der Waals surface area contributed by atoms with Gasteiger partial charge in [-0.05, 0) is 6.07 Å². The van der Waals surface area contributed by atoms with Crippen molar-refractivity contribution in [3.05, 3.63) is 46.3 Å². The maximum atomic E-state index is 11.4. The van der Waals surface area contributed by atoms with Crippen molar-refractivity contribution in [3.63, 3.8) is 0 Å². The highest BCUT2D eigenvalue weighted by Gasteiger charge is 2.16. The number of nitrogens with zero attached hydrogens (tertiary/aromatic N) is 3. The summed E-state index contributed by atoms with van der Waals surface area (Å²) in [5.74, 6) is -0.0847. The average Bonchev–Trinajstić information content (AvgIpc) is 2.54. The molecule has 9 nitrogen and oxygen atoms in total. The molecule has 0 amide bonds. The summed E-state index contributed by atoms with van der Waals surface area (Å²) in [6.45, 7) is 0. The maximum absolute atomic E-state index is 11.4. The molecule has 0 unspecified atom stereocenters. The van der Waals surface area contributed by atoms with Crippen LogP contribution in [0.4, 0.5) is 11.5 Å². The fraction of sp³-hybridized carbons (Fsp3) is 0.154. The van der Waals surface area contributed by atoms with Crippen LogP contribution in [0.5, 0.6) is 11.6 Å². The third-order valence-electron chi connectivity index (χ3n) is 2.63. The summed E-state index contributed by atoms with van der Waals surface area (Å²) < 4.78 is 10.0. The molecule has 9 heteroatoms. The van der Waals surface area contributed by atoms with Gasteiger partial charge in [-0.3, -0.25) is 10.1 Å². The van der Waals surface area contributed by atoms with E-state index in [1.165, 1.54) is 44.6 Å². The number of esters is 1. The zero-order chi connectivity index (χ0) is 16.1. The number of hydrogen-bond acceptors (Lipinski definition) is 8. The van der Waals surface area contributed by atoms with Crippen molar-refractivity contribution in [2.45, 2.75) is 0 Å². The highest BCUT2D eigenvalue weighted by molar-refractivity contribution is 5.87. The lowest BCUT2D eigenvalue weighted by Crippen LogP contribution is -2.04. The molecule has 0 radical (unpaired) electrons. The summed E-state index contributed by atoms with van der Waals surface area (Å²) in [6, 6.07) is 5.54. The van der Waals surface area contributed by atoms with Crippen LogP contribution >= 0.6 is 0 Å². The molecule has 0 aromatic carbocycles. The third kappa shape index (κ3) is 3.26. The van der Waals surface area contributed by atoms with E-state index in [9.17, 15) is 14.9 Å². The summed E-state index contributed by atoms with van der Waals surface area (Å²) in [4.78, 5) is 29.5. The van der Waals surface area contributed by atoms with Crippen LogP contribution < -0.4 is 10.1 Å². The minimum Gasteiger partial charge on any atom is -0.464 e. The summed E-state index contributed by atoms with van der Waals surface area (Å²) in [6.07, 6.45) is 1.38. The lowest BCUT2D eigenvalue weighted by Gasteiger charge is -2.07. The molecule has 114 valence electrons. The van der Waals surface area contributed by atoms with Gasteiger partial charge in [-0.2, -0.15) is 4.98 Å². The van der Waals surface area contributed by atoms with Crippen molar-refractivity contribution >= 4 is 17.5 Å². The minimum atomic E-state index is -0.599. The number of carbonyl (C=O) groups excluding carboxylic acids is 1. The molecule has 0 saturated heterocycles. The van der Waals surface area contributed by atoms with E-state index >= 15 is 0 Å². The Hall–Kier alpha value is -3.23. The van der Waals surface area contributed by atoms with Gasteiger partial charge in [-0.1, -0.05) is 0 Å². The van der Waals surface area contributed by atoms with Gasteiger partial charge in [0.2, 0.25) is 11.7 Å². The zero-order valence-electron chi connectivity index (χ0n) is 11.8. The quantitative estimate of drug-likeness (QED) is 0.506. The molecule has 2 heterocycles. The summed E-state index contributed by atoms with van der Waals surface area (Å²) in [7, 11) is 2.76. The zero-order valence-corrected chi connectivity index (χ0v) is 11.8. The number of pyridine rings is 2. The molecule has 22 heavy (non-hydrogen) atoms. The Labute approximate surface area is 125 Å². The SMILES string of the molecule is CNc1nc(Oc2ccnc(C(=O)OC)c2)ccc1[N+](=O)[O-]. The Kier molecular flexibility index (Phi) is 4.47. The van der Waals surface area contributed by atoms with Gasteiger partial charge in [0.05, 0.1) is 12.0 Å². The molecule has 2 aromatic heterocycles. The molecular formula is C13H12N4O5. The molecule has 2 rings (SSSR count). The fourth-order valence-electron chi connectivity index (χ4n) is 1.63. The Balaban J connectivity index is 2.27.